The molecule has 0 heterocycles. The first kappa shape index (κ1) is 18.4. The van der Waals surface area contributed by atoms with Gasteiger partial charge in [0.2, 0.25) is 15.9 Å². The molecular formula is C17H19ClN2O3S. The van der Waals surface area contributed by atoms with Crippen LogP contribution in [-0.2, 0) is 21.2 Å². The Morgan fingerprint density at radius 1 is 1.17 bits per heavy atom. The summed E-state index contributed by atoms with van der Waals surface area (Å²) >= 11 is 6.07. The number of carbonyl (C=O) groups excluding carboxylic acids is 1. The predicted molar refractivity (Wildman–Crippen MR) is 94.1 cm³/mol. The standard InChI is InChI=1S/C17H19ClN2O3S/c1-12(13-6-9-15(10-7-13)24(19,22)23)20-17(21)11-8-14-4-2-3-5-16(14)18/h2-7,9-10,12H,8,11H2,1H3,(H,20,21)(H2,19,22,23). The van der Waals surface area contributed by atoms with E-state index in [4.69, 9.17) is 16.7 Å². The molecule has 1 amide bonds. The van der Waals surface area contributed by atoms with Crippen molar-refractivity contribution in [1.29, 1.82) is 0 Å². The molecule has 0 saturated carbocycles. The minimum atomic E-state index is -3.71. The van der Waals surface area contributed by atoms with E-state index in [1.165, 1.54) is 12.1 Å². The second-order valence-electron chi connectivity index (χ2n) is 5.49. The number of benzene rings is 2. The Hall–Kier alpha value is -1.89. The van der Waals surface area contributed by atoms with Crippen LogP contribution >= 0.6 is 11.6 Å². The van der Waals surface area contributed by atoms with Crippen molar-refractivity contribution in [2.45, 2.75) is 30.7 Å². The minimum absolute atomic E-state index is 0.0449. The molecule has 0 bridgehead atoms. The third kappa shape index (κ3) is 5.06. The van der Waals surface area contributed by atoms with Gasteiger partial charge in [0.25, 0.3) is 0 Å². The number of halogens is 1. The van der Waals surface area contributed by atoms with Crippen molar-refractivity contribution in [3.63, 3.8) is 0 Å². The lowest BCUT2D eigenvalue weighted by Crippen LogP contribution is -2.26. The van der Waals surface area contributed by atoms with Gasteiger partial charge < -0.3 is 5.32 Å². The Kier molecular flexibility index (Phi) is 5.99. The highest BCUT2D eigenvalue weighted by Crippen LogP contribution is 2.18. The van der Waals surface area contributed by atoms with E-state index in [1.807, 2.05) is 25.1 Å². The zero-order valence-electron chi connectivity index (χ0n) is 13.2. The van der Waals surface area contributed by atoms with Crippen LogP contribution in [0.2, 0.25) is 5.02 Å². The summed E-state index contributed by atoms with van der Waals surface area (Å²) < 4.78 is 22.5. The first-order chi connectivity index (χ1) is 11.3. The monoisotopic (exact) mass is 366 g/mol. The highest BCUT2D eigenvalue weighted by atomic mass is 35.5. The predicted octanol–water partition coefficient (Wildman–Crippen LogP) is 2.80. The molecule has 128 valence electrons. The molecule has 0 saturated heterocycles. The number of carbonyl (C=O) groups is 1. The van der Waals surface area contributed by atoms with E-state index in [0.29, 0.717) is 17.9 Å². The van der Waals surface area contributed by atoms with E-state index in [-0.39, 0.29) is 16.8 Å². The number of primary sulfonamides is 1. The first-order valence-corrected chi connectivity index (χ1v) is 9.35. The lowest BCUT2D eigenvalue weighted by Gasteiger charge is -2.15. The van der Waals surface area contributed by atoms with Crippen molar-refractivity contribution in [1.82, 2.24) is 5.32 Å². The lowest BCUT2D eigenvalue weighted by molar-refractivity contribution is -0.121. The molecule has 2 rings (SSSR count). The Bertz CT molecular complexity index is 820. The van der Waals surface area contributed by atoms with Crippen LogP contribution in [0.5, 0.6) is 0 Å². The van der Waals surface area contributed by atoms with E-state index in [1.54, 1.807) is 18.2 Å². The summed E-state index contributed by atoms with van der Waals surface area (Å²) in [5, 5.41) is 8.59. The number of nitrogens with two attached hydrogens (primary N) is 1. The van der Waals surface area contributed by atoms with Crippen LogP contribution < -0.4 is 10.5 Å². The summed E-state index contributed by atoms with van der Waals surface area (Å²) in [6, 6.07) is 13.3. The summed E-state index contributed by atoms with van der Waals surface area (Å²) in [4.78, 5) is 12.1. The third-order valence-electron chi connectivity index (χ3n) is 3.67. The maximum atomic E-state index is 12.1. The fraction of sp³-hybridized carbons (Fsp3) is 0.235. The van der Waals surface area contributed by atoms with Crippen molar-refractivity contribution in [3.8, 4) is 0 Å². The first-order valence-electron chi connectivity index (χ1n) is 7.43. The van der Waals surface area contributed by atoms with Gasteiger partial charge in [0.15, 0.2) is 0 Å². The number of rotatable bonds is 6. The molecule has 0 aliphatic rings. The second kappa shape index (κ2) is 7.79. The number of sulfonamides is 1. The van der Waals surface area contributed by atoms with E-state index in [9.17, 15) is 13.2 Å². The van der Waals surface area contributed by atoms with Crippen molar-refractivity contribution >= 4 is 27.5 Å². The van der Waals surface area contributed by atoms with Crippen LogP contribution in [0.4, 0.5) is 0 Å². The number of nitrogens with one attached hydrogen (secondary N) is 1. The number of hydrogen-bond acceptors (Lipinski definition) is 3. The van der Waals surface area contributed by atoms with Gasteiger partial charge in [-0.1, -0.05) is 41.9 Å². The van der Waals surface area contributed by atoms with Gasteiger partial charge in [-0.25, -0.2) is 13.6 Å². The molecule has 0 aliphatic heterocycles. The smallest absolute Gasteiger partial charge is 0.238 e. The maximum Gasteiger partial charge on any atom is 0.238 e. The van der Waals surface area contributed by atoms with Gasteiger partial charge in [0.1, 0.15) is 0 Å². The Morgan fingerprint density at radius 3 is 2.38 bits per heavy atom. The summed E-state index contributed by atoms with van der Waals surface area (Å²) in [5.41, 5.74) is 1.73. The minimum Gasteiger partial charge on any atom is -0.350 e. The molecule has 0 radical (unpaired) electrons. The van der Waals surface area contributed by atoms with Crippen LogP contribution in [0.15, 0.2) is 53.4 Å². The fourth-order valence-electron chi connectivity index (χ4n) is 2.29. The number of aryl methyl sites for hydroxylation is 1. The van der Waals surface area contributed by atoms with Gasteiger partial charge in [-0.2, -0.15) is 0 Å². The molecule has 0 fully saturated rings. The Morgan fingerprint density at radius 2 is 1.79 bits per heavy atom. The van der Waals surface area contributed by atoms with Crippen molar-refractivity contribution in [2.75, 3.05) is 0 Å². The Balaban J connectivity index is 1.93. The molecule has 5 nitrogen and oxygen atoms in total. The van der Waals surface area contributed by atoms with E-state index in [0.717, 1.165) is 11.1 Å². The normalized spacial score (nSPS) is 12.6. The summed E-state index contributed by atoms with van der Waals surface area (Å²) in [5.74, 6) is -0.0991. The maximum absolute atomic E-state index is 12.1. The number of amides is 1. The van der Waals surface area contributed by atoms with Gasteiger partial charge in [-0.3, -0.25) is 4.79 Å². The molecule has 0 aliphatic carbocycles. The lowest BCUT2D eigenvalue weighted by atomic mass is 10.1. The third-order valence-corrected chi connectivity index (χ3v) is 4.96. The van der Waals surface area contributed by atoms with Crippen LogP contribution in [0.25, 0.3) is 0 Å². The average molecular weight is 367 g/mol. The SMILES string of the molecule is CC(NC(=O)CCc1ccccc1Cl)c1ccc(S(N)(=O)=O)cc1. The highest BCUT2D eigenvalue weighted by molar-refractivity contribution is 7.89. The molecule has 0 spiro atoms. The molecule has 2 aromatic rings. The van der Waals surface area contributed by atoms with E-state index >= 15 is 0 Å². The average Bonchev–Trinajstić information content (AvgIpc) is 2.53. The second-order valence-corrected chi connectivity index (χ2v) is 7.46. The van der Waals surface area contributed by atoms with Gasteiger partial charge in [0, 0.05) is 11.4 Å². The van der Waals surface area contributed by atoms with Crippen molar-refractivity contribution in [3.05, 3.63) is 64.7 Å². The molecule has 1 atom stereocenters. The molecule has 2 aromatic carbocycles. The van der Waals surface area contributed by atoms with Gasteiger partial charge in [0.05, 0.1) is 10.9 Å². The molecule has 1 unspecified atom stereocenters. The van der Waals surface area contributed by atoms with Crippen LogP contribution in [0.1, 0.15) is 30.5 Å². The fourth-order valence-corrected chi connectivity index (χ4v) is 3.04. The van der Waals surface area contributed by atoms with Gasteiger partial charge in [-0.05, 0) is 42.7 Å². The molecule has 0 aromatic heterocycles. The molecular weight excluding hydrogens is 348 g/mol. The van der Waals surface area contributed by atoms with Crippen molar-refractivity contribution in [2.24, 2.45) is 5.14 Å². The van der Waals surface area contributed by atoms with Crippen LogP contribution in [0.3, 0.4) is 0 Å². The molecule has 3 N–H and O–H groups in total. The van der Waals surface area contributed by atoms with Crippen molar-refractivity contribution < 1.29 is 13.2 Å². The Labute approximate surface area is 146 Å². The summed E-state index contributed by atoms with van der Waals surface area (Å²) in [6.07, 6.45) is 0.881. The van der Waals surface area contributed by atoms with E-state index < -0.39 is 10.0 Å². The highest BCUT2D eigenvalue weighted by Gasteiger charge is 2.12. The zero-order valence-corrected chi connectivity index (χ0v) is 14.8. The van der Waals surface area contributed by atoms with Crippen LogP contribution in [0, 0.1) is 0 Å². The molecule has 7 heteroatoms. The zero-order chi connectivity index (χ0) is 17.7. The summed E-state index contributed by atoms with van der Waals surface area (Å²) in [7, 11) is -3.71. The summed E-state index contributed by atoms with van der Waals surface area (Å²) in [6.45, 7) is 1.83. The van der Waals surface area contributed by atoms with E-state index in [2.05, 4.69) is 5.32 Å². The molecule has 24 heavy (non-hydrogen) atoms. The topological polar surface area (TPSA) is 89.3 Å². The van der Waals surface area contributed by atoms with Gasteiger partial charge >= 0.3 is 0 Å². The number of hydrogen-bond donors (Lipinski definition) is 2. The quantitative estimate of drug-likeness (QED) is 0.823. The largest absolute Gasteiger partial charge is 0.350 e. The van der Waals surface area contributed by atoms with Crippen LogP contribution in [-0.4, -0.2) is 14.3 Å². The van der Waals surface area contributed by atoms with Gasteiger partial charge in [-0.15, -0.1) is 0 Å².